The van der Waals surface area contributed by atoms with Gasteiger partial charge in [0.05, 0.1) is 44.8 Å². The smallest absolute Gasteiger partial charge is 0.336 e. The molecule has 116 heavy (non-hydrogen) atoms. The van der Waals surface area contributed by atoms with Gasteiger partial charge in [-0.05, 0) is 251 Å². The molecule has 2 aromatic heterocycles. The van der Waals surface area contributed by atoms with E-state index >= 15 is 19.2 Å². The topological polar surface area (TPSA) is 213 Å². The summed E-state index contributed by atoms with van der Waals surface area (Å²) >= 11 is 0. The number of carbonyl (C=O) groups is 4. The van der Waals surface area contributed by atoms with Crippen LogP contribution in [-0.2, 0) is 21.7 Å². The Balaban J connectivity index is 1.00. The van der Waals surface area contributed by atoms with Crippen LogP contribution in [0.4, 0.5) is 11.4 Å². The van der Waals surface area contributed by atoms with E-state index in [2.05, 4.69) is 83.1 Å². The minimum absolute atomic E-state index is 0.0661. The van der Waals surface area contributed by atoms with Crippen molar-refractivity contribution in [2.45, 2.75) is 146 Å². The average molecular weight is 1540 g/mol. The third kappa shape index (κ3) is 12.3. The summed E-state index contributed by atoms with van der Waals surface area (Å²) in [5, 5.41) is 26.9. The number of amides is 4. The molecule has 4 amide bonds. The van der Waals surface area contributed by atoms with Crippen molar-refractivity contribution < 1.29 is 57.2 Å². The van der Waals surface area contributed by atoms with E-state index in [0.29, 0.717) is 111 Å². The zero-order valence-corrected chi connectivity index (χ0v) is 68.0. The first-order chi connectivity index (χ1) is 54.8. The molecule has 0 atom stereocenters. The Labute approximate surface area is 670 Å². The van der Waals surface area contributed by atoms with Crippen LogP contribution in [-0.4, -0.2) is 33.8 Å². The van der Waals surface area contributed by atoms with E-state index in [9.17, 15) is 19.8 Å². The van der Waals surface area contributed by atoms with Gasteiger partial charge in [0.1, 0.15) is 68.7 Å². The van der Waals surface area contributed by atoms with Gasteiger partial charge in [0.2, 0.25) is 0 Å². The number of hydrogen-bond donors (Lipinski definition) is 2. The molecule has 0 fully saturated rings. The van der Waals surface area contributed by atoms with Crippen LogP contribution in [0, 0.1) is 41.5 Å². The van der Waals surface area contributed by atoms with Crippen LogP contribution in [0.2, 0.25) is 0 Å². The van der Waals surface area contributed by atoms with Crippen LogP contribution in [0.3, 0.4) is 0 Å². The molecule has 4 heterocycles. The number of imide groups is 2. The number of carbonyl (C=O) groups excluding carboxylic acids is 4. The van der Waals surface area contributed by atoms with Crippen molar-refractivity contribution in [1.29, 1.82) is 0 Å². The molecule has 2 aliphatic heterocycles. The molecule has 0 radical (unpaired) electrons. The normalized spacial score (nSPS) is 13.4. The van der Waals surface area contributed by atoms with Gasteiger partial charge >= 0.3 is 11.3 Å². The maximum absolute atomic E-state index is 16.8. The summed E-state index contributed by atoms with van der Waals surface area (Å²) in [5.74, 6) is -1.15. The van der Waals surface area contributed by atoms with E-state index in [-0.39, 0.29) is 123 Å². The first kappa shape index (κ1) is 75.4. The summed E-state index contributed by atoms with van der Waals surface area (Å²) in [6.45, 7) is 36.1. The Hall–Kier alpha value is -13.3. The number of aromatic hydroxyl groups is 2. The van der Waals surface area contributed by atoms with E-state index in [1.807, 2.05) is 97.1 Å². The zero-order valence-electron chi connectivity index (χ0n) is 68.0. The van der Waals surface area contributed by atoms with Gasteiger partial charge < -0.3 is 38.0 Å². The first-order valence-electron chi connectivity index (χ1n) is 38.8. The molecule has 0 saturated heterocycles. The number of rotatable bonds is 12. The van der Waals surface area contributed by atoms with E-state index < -0.39 is 34.9 Å². The van der Waals surface area contributed by atoms with Crippen molar-refractivity contribution in [3.63, 3.8) is 0 Å². The Bertz CT molecular complexity index is 6220. The van der Waals surface area contributed by atoms with Crippen LogP contribution < -0.4 is 40.0 Å². The van der Waals surface area contributed by atoms with Crippen molar-refractivity contribution in [2.75, 3.05) is 9.80 Å². The SMILES string of the molecule is Cc1cc(-c2c(O)ccc3c(C)cc(=O)oc23)cc(C)c1N1C(=O)c2cc(Oc3ccc(C(C)(C)C)cc3)c3c4c(Oc5ccc(C(C)(C)C)cc5)cc5c6c(cc(Oc7ccc(C(C)(C)C)cc7)c(c7c(Oc8ccc(C(C)(C)C)cc8)cc(c2c37)C1=O)c64)C(=O)N(c1c(C)cc(-c2c(O)ccc3c(C)cc(=O)oc23)cc1C)C5=O. The predicted octanol–water partition coefficient (Wildman–Crippen LogP) is 24.5. The lowest BCUT2D eigenvalue weighted by Crippen LogP contribution is -2.41. The van der Waals surface area contributed by atoms with Gasteiger partial charge in [-0.3, -0.25) is 19.2 Å². The second kappa shape index (κ2) is 26.6. The van der Waals surface area contributed by atoms with Gasteiger partial charge in [0, 0.05) is 66.0 Å². The van der Waals surface area contributed by atoms with Crippen molar-refractivity contribution in [3.05, 3.63) is 281 Å². The number of aryl methyl sites for hydroxylation is 6. The van der Waals surface area contributed by atoms with Crippen molar-refractivity contribution in [3.8, 4) is 79.7 Å². The van der Waals surface area contributed by atoms with E-state index in [4.69, 9.17) is 27.8 Å². The summed E-state index contributed by atoms with van der Waals surface area (Å²) < 4.78 is 41.5. The number of hydrogen-bond acceptors (Lipinski definition) is 14. The summed E-state index contributed by atoms with van der Waals surface area (Å²) in [5.41, 5.74) is 7.48. The molecule has 0 aliphatic carbocycles. The molecule has 2 aliphatic rings. The quantitative estimate of drug-likeness (QED) is 0.0504. The Kier molecular flexibility index (Phi) is 17.3. The fourth-order valence-corrected chi connectivity index (χ4v) is 17.0. The Morgan fingerprint density at radius 2 is 0.526 bits per heavy atom. The van der Waals surface area contributed by atoms with Crippen LogP contribution in [0.25, 0.3) is 87.3 Å². The van der Waals surface area contributed by atoms with Crippen LogP contribution in [0.15, 0.2) is 200 Å². The highest BCUT2D eigenvalue weighted by Crippen LogP contribution is 2.59. The fourth-order valence-electron chi connectivity index (χ4n) is 17.0. The molecule has 0 saturated carbocycles. The van der Waals surface area contributed by atoms with Gasteiger partial charge in [0.15, 0.2) is 0 Å². The van der Waals surface area contributed by atoms with Crippen LogP contribution in [0.5, 0.6) is 57.5 Å². The third-order valence-corrected chi connectivity index (χ3v) is 22.9. The largest absolute Gasteiger partial charge is 0.507 e. The lowest BCUT2D eigenvalue weighted by Gasteiger charge is -2.34. The molecule has 0 spiro atoms. The summed E-state index contributed by atoms with van der Waals surface area (Å²) in [6, 6.07) is 53.7. The lowest BCUT2D eigenvalue weighted by molar-refractivity contribution is 0.0877. The summed E-state index contributed by atoms with van der Waals surface area (Å²) in [6.07, 6.45) is 0. The van der Waals surface area contributed by atoms with E-state index in [0.717, 1.165) is 22.3 Å². The zero-order chi connectivity index (χ0) is 82.3. The molecule has 0 unspecified atom stereocenters. The third-order valence-electron chi connectivity index (χ3n) is 22.9. The molecule has 16 heteroatoms. The predicted molar refractivity (Wildman–Crippen MR) is 458 cm³/mol. The molecule has 13 aromatic carbocycles. The minimum atomic E-state index is -0.708. The molecule has 2 N–H and O–H groups in total. The summed E-state index contributed by atoms with van der Waals surface area (Å²) in [7, 11) is 0. The summed E-state index contributed by atoms with van der Waals surface area (Å²) in [4.78, 5) is 95.5. The first-order valence-corrected chi connectivity index (χ1v) is 38.8. The number of nitrogens with zero attached hydrogens (tertiary/aromatic N) is 2. The molecular weight excluding hydrogens is 1450 g/mol. The molecular formula is C100H86N2O14. The van der Waals surface area contributed by atoms with Crippen molar-refractivity contribution >= 4 is 100 Å². The maximum atomic E-state index is 16.8. The second-order valence-electron chi connectivity index (χ2n) is 35.2. The monoisotopic (exact) mass is 1540 g/mol. The number of benzene rings is 13. The molecule has 17 rings (SSSR count). The number of anilines is 2. The van der Waals surface area contributed by atoms with Crippen molar-refractivity contribution in [2.24, 2.45) is 0 Å². The minimum Gasteiger partial charge on any atom is -0.507 e. The van der Waals surface area contributed by atoms with Crippen LogP contribution in [0.1, 0.15) is 180 Å². The highest BCUT2D eigenvalue weighted by atomic mass is 16.5. The number of ether oxygens (including phenoxy) is 4. The number of phenols is 2. The van der Waals surface area contributed by atoms with Gasteiger partial charge in [0.25, 0.3) is 23.6 Å². The standard InChI is InChI=1S/C100H86N2O14/c1-49-43-77(105)115-91-65(49)35-37-71(103)79(91)55-39-51(3)89(52(4)40-55)101-93(107)67-45-73(111-61-27-19-57(20-28-61)97(7,8)9)83-85-75(113-63-31-23-59(24-32-63)99(13,14)15)47-69-82-70(96(110)102(95(69)109)90-53(5)41-56(42-54(90)6)80-72(104)38-36-66-50(2)44-78(106)116-92(66)80)48-76(114-64-33-25-60(26-34-64)100(16,17)18)86(88(82)85)84-74(46-68(94(101)108)81(67)87(83)84)112-62-29-21-58(22-30-62)98(10,11)12/h19-48,103-104H,1-18H3. The van der Waals surface area contributed by atoms with E-state index in [1.165, 1.54) is 21.9 Å². The fraction of sp³-hybridized carbons (Fsp3) is 0.220. The second-order valence-corrected chi connectivity index (χ2v) is 35.2. The number of phenolic OH excluding ortho intramolecular Hbond substituents is 2. The van der Waals surface area contributed by atoms with Crippen LogP contribution >= 0.6 is 0 Å². The van der Waals surface area contributed by atoms with E-state index in [1.54, 1.807) is 114 Å². The van der Waals surface area contributed by atoms with Gasteiger partial charge in [-0.15, -0.1) is 0 Å². The highest BCUT2D eigenvalue weighted by Gasteiger charge is 2.44. The Morgan fingerprint density at radius 3 is 0.759 bits per heavy atom. The Morgan fingerprint density at radius 1 is 0.284 bits per heavy atom. The average Bonchev–Trinajstić information content (AvgIpc) is 0.668. The lowest BCUT2D eigenvalue weighted by atomic mass is 9.80. The molecule has 580 valence electrons. The maximum Gasteiger partial charge on any atom is 0.336 e. The molecule has 15 aromatic rings. The van der Waals surface area contributed by atoms with Crippen molar-refractivity contribution in [1.82, 2.24) is 0 Å². The van der Waals surface area contributed by atoms with Gasteiger partial charge in [-0.1, -0.05) is 132 Å². The highest BCUT2D eigenvalue weighted by molar-refractivity contribution is 6.48. The van der Waals surface area contributed by atoms with Gasteiger partial charge in [-0.2, -0.15) is 0 Å². The number of fused-ring (bicyclic) bond motifs is 4. The molecule has 0 bridgehead atoms. The van der Waals surface area contributed by atoms with Gasteiger partial charge in [-0.25, -0.2) is 19.4 Å². The molecule has 16 nitrogen and oxygen atoms in total.